The number of rotatable bonds is 3. The summed E-state index contributed by atoms with van der Waals surface area (Å²) in [5.41, 5.74) is 0.381. The molecule has 6 nitrogen and oxygen atoms in total. The van der Waals surface area contributed by atoms with Gasteiger partial charge in [0.25, 0.3) is 5.69 Å². The maximum absolute atomic E-state index is 11.6. The highest BCUT2D eigenvalue weighted by atomic mass is 79.9. The minimum atomic E-state index is -0.495. The summed E-state index contributed by atoms with van der Waals surface area (Å²) in [6, 6.07) is 4.52. The molecule has 0 spiro atoms. The van der Waals surface area contributed by atoms with Crippen LogP contribution in [0.25, 0.3) is 0 Å². The second-order valence-electron chi connectivity index (χ2n) is 3.77. The van der Waals surface area contributed by atoms with Gasteiger partial charge in [-0.3, -0.25) is 14.9 Å². The van der Waals surface area contributed by atoms with Gasteiger partial charge in [0, 0.05) is 24.8 Å². The number of nitro benzene ring substituents is 1. The molecule has 1 aromatic carbocycles. The molecule has 1 aliphatic heterocycles. The smallest absolute Gasteiger partial charge is 0.285 e. The standard InChI is InChI=1S/C10H10BrN3O3/c11-8-2-1-7(3-9(8)14(16)17)13-10(15)6-4-12-5-6/h1-3,6,12H,4-5H2,(H,13,15). The van der Waals surface area contributed by atoms with Crippen molar-refractivity contribution in [1.82, 2.24) is 5.32 Å². The average molecular weight is 300 g/mol. The minimum absolute atomic E-state index is 0.0438. The van der Waals surface area contributed by atoms with E-state index in [0.717, 1.165) is 0 Å². The summed E-state index contributed by atoms with van der Waals surface area (Å²) in [5.74, 6) is -0.155. The fraction of sp³-hybridized carbons (Fsp3) is 0.300. The Labute approximate surface area is 106 Å². The third-order valence-corrected chi connectivity index (χ3v) is 3.23. The van der Waals surface area contributed by atoms with Crippen molar-refractivity contribution in [3.05, 3.63) is 32.8 Å². The molecule has 7 heteroatoms. The quantitative estimate of drug-likeness (QED) is 0.654. The number of carbonyl (C=O) groups excluding carboxylic acids is 1. The Morgan fingerprint density at radius 2 is 2.24 bits per heavy atom. The summed E-state index contributed by atoms with van der Waals surface area (Å²) in [6.07, 6.45) is 0. The molecular weight excluding hydrogens is 290 g/mol. The van der Waals surface area contributed by atoms with Crippen molar-refractivity contribution in [2.45, 2.75) is 0 Å². The number of nitrogens with one attached hydrogen (secondary N) is 2. The molecule has 0 bridgehead atoms. The Bertz CT molecular complexity index is 474. The van der Waals surface area contributed by atoms with Crippen molar-refractivity contribution in [3.63, 3.8) is 0 Å². The van der Waals surface area contributed by atoms with Gasteiger partial charge in [0.05, 0.1) is 15.3 Å². The van der Waals surface area contributed by atoms with Gasteiger partial charge in [0.1, 0.15) is 0 Å². The maximum Gasteiger partial charge on any atom is 0.285 e. The van der Waals surface area contributed by atoms with Crippen molar-refractivity contribution in [2.24, 2.45) is 5.92 Å². The summed E-state index contributed by atoms with van der Waals surface area (Å²) in [4.78, 5) is 21.8. The lowest BCUT2D eigenvalue weighted by Gasteiger charge is -2.25. The highest BCUT2D eigenvalue weighted by molar-refractivity contribution is 9.10. The monoisotopic (exact) mass is 299 g/mol. The fourth-order valence-corrected chi connectivity index (χ4v) is 1.84. The van der Waals surface area contributed by atoms with E-state index in [1.807, 2.05) is 0 Å². The van der Waals surface area contributed by atoms with Gasteiger partial charge in [-0.05, 0) is 28.1 Å². The van der Waals surface area contributed by atoms with Crippen molar-refractivity contribution in [3.8, 4) is 0 Å². The normalized spacial score (nSPS) is 15.1. The van der Waals surface area contributed by atoms with Crippen LogP contribution in [0.3, 0.4) is 0 Å². The second kappa shape index (κ2) is 4.80. The van der Waals surface area contributed by atoms with Crippen LogP contribution in [0.1, 0.15) is 0 Å². The Morgan fingerprint density at radius 3 is 2.76 bits per heavy atom. The predicted molar refractivity (Wildman–Crippen MR) is 65.8 cm³/mol. The first-order chi connectivity index (χ1) is 8.08. The number of halogens is 1. The van der Waals surface area contributed by atoms with Gasteiger partial charge < -0.3 is 10.6 Å². The molecule has 1 aliphatic rings. The Hall–Kier alpha value is -1.47. The number of nitrogens with zero attached hydrogens (tertiary/aromatic N) is 1. The number of nitro groups is 1. The van der Waals surface area contributed by atoms with Gasteiger partial charge >= 0.3 is 0 Å². The highest BCUT2D eigenvalue weighted by Crippen LogP contribution is 2.28. The van der Waals surface area contributed by atoms with E-state index in [9.17, 15) is 14.9 Å². The van der Waals surface area contributed by atoms with Gasteiger partial charge in [-0.2, -0.15) is 0 Å². The number of amides is 1. The summed E-state index contributed by atoms with van der Waals surface area (Å²) < 4.78 is 0.394. The molecule has 0 unspecified atom stereocenters. The molecule has 2 N–H and O–H groups in total. The largest absolute Gasteiger partial charge is 0.326 e. The van der Waals surface area contributed by atoms with Crippen molar-refractivity contribution in [2.75, 3.05) is 18.4 Å². The van der Waals surface area contributed by atoms with Crippen LogP contribution >= 0.6 is 15.9 Å². The molecule has 1 aromatic rings. The average Bonchev–Trinajstić information content (AvgIpc) is 2.17. The van der Waals surface area contributed by atoms with E-state index in [-0.39, 0.29) is 17.5 Å². The zero-order valence-electron chi connectivity index (χ0n) is 8.77. The van der Waals surface area contributed by atoms with E-state index in [2.05, 4.69) is 26.6 Å². The minimum Gasteiger partial charge on any atom is -0.326 e. The topological polar surface area (TPSA) is 84.3 Å². The first-order valence-electron chi connectivity index (χ1n) is 5.03. The third kappa shape index (κ3) is 2.62. The first kappa shape index (κ1) is 12.0. The summed E-state index contributed by atoms with van der Waals surface area (Å²) in [6.45, 7) is 1.31. The molecule has 90 valence electrons. The van der Waals surface area contributed by atoms with Gasteiger partial charge in [-0.15, -0.1) is 0 Å². The van der Waals surface area contributed by atoms with Crippen LogP contribution in [-0.4, -0.2) is 23.9 Å². The first-order valence-corrected chi connectivity index (χ1v) is 5.83. The van der Waals surface area contributed by atoms with Crippen LogP contribution in [0.5, 0.6) is 0 Å². The van der Waals surface area contributed by atoms with Crippen molar-refractivity contribution in [1.29, 1.82) is 0 Å². The molecular formula is C10H10BrN3O3. The van der Waals surface area contributed by atoms with Gasteiger partial charge in [-0.25, -0.2) is 0 Å². The summed E-state index contributed by atoms with van der Waals surface area (Å²) >= 11 is 3.09. The third-order valence-electron chi connectivity index (χ3n) is 2.56. The van der Waals surface area contributed by atoms with Crippen LogP contribution in [0, 0.1) is 16.0 Å². The Balaban J connectivity index is 2.13. The summed E-state index contributed by atoms with van der Waals surface area (Å²) in [7, 11) is 0. The molecule has 0 saturated carbocycles. The number of benzene rings is 1. The van der Waals surface area contributed by atoms with Gasteiger partial charge in [0.15, 0.2) is 0 Å². The Kier molecular flexibility index (Phi) is 3.39. The summed E-state index contributed by atoms with van der Waals surface area (Å²) in [5, 5.41) is 16.4. The van der Waals surface area contributed by atoms with E-state index >= 15 is 0 Å². The maximum atomic E-state index is 11.6. The van der Waals surface area contributed by atoms with Gasteiger partial charge in [-0.1, -0.05) is 0 Å². The molecule has 2 rings (SSSR count). The number of carbonyl (C=O) groups is 1. The molecule has 0 aromatic heterocycles. The predicted octanol–water partition coefficient (Wildman–Crippen LogP) is 1.52. The molecule has 1 heterocycles. The van der Waals surface area contributed by atoms with Crippen LogP contribution < -0.4 is 10.6 Å². The zero-order valence-corrected chi connectivity index (χ0v) is 10.4. The zero-order chi connectivity index (χ0) is 12.4. The molecule has 1 saturated heterocycles. The van der Waals surface area contributed by atoms with Gasteiger partial charge in [0.2, 0.25) is 5.91 Å². The lowest BCUT2D eigenvalue weighted by Crippen LogP contribution is -2.48. The van der Waals surface area contributed by atoms with Crippen LogP contribution in [0.4, 0.5) is 11.4 Å². The Morgan fingerprint density at radius 1 is 1.53 bits per heavy atom. The van der Waals surface area contributed by atoms with Crippen molar-refractivity contribution >= 4 is 33.2 Å². The SMILES string of the molecule is O=C(Nc1ccc(Br)c([N+](=O)[O-])c1)C1CNC1. The molecule has 0 atom stereocenters. The van der Waals surface area contributed by atoms with E-state index in [4.69, 9.17) is 0 Å². The molecule has 1 amide bonds. The fourth-order valence-electron chi connectivity index (χ4n) is 1.45. The lowest BCUT2D eigenvalue weighted by molar-refractivity contribution is -0.385. The lowest BCUT2D eigenvalue weighted by atomic mass is 10.0. The van der Waals surface area contributed by atoms with Crippen LogP contribution in [0.2, 0.25) is 0 Å². The van der Waals surface area contributed by atoms with E-state index in [0.29, 0.717) is 23.2 Å². The number of hydrogen-bond acceptors (Lipinski definition) is 4. The molecule has 1 fully saturated rings. The van der Waals surface area contributed by atoms with E-state index < -0.39 is 4.92 Å². The molecule has 0 radical (unpaired) electrons. The number of hydrogen-bond donors (Lipinski definition) is 2. The van der Waals surface area contributed by atoms with E-state index in [1.54, 1.807) is 12.1 Å². The molecule has 0 aliphatic carbocycles. The number of anilines is 1. The highest BCUT2D eigenvalue weighted by Gasteiger charge is 2.25. The van der Waals surface area contributed by atoms with Crippen LogP contribution in [-0.2, 0) is 4.79 Å². The second-order valence-corrected chi connectivity index (χ2v) is 4.62. The molecule has 17 heavy (non-hydrogen) atoms. The van der Waals surface area contributed by atoms with Crippen molar-refractivity contribution < 1.29 is 9.72 Å². The van der Waals surface area contributed by atoms with E-state index in [1.165, 1.54) is 6.07 Å². The van der Waals surface area contributed by atoms with Crippen LogP contribution in [0.15, 0.2) is 22.7 Å².